The smallest absolute Gasteiger partial charge is 0.335 e. The van der Waals surface area contributed by atoms with Gasteiger partial charge in [-0.3, -0.25) is 9.69 Å². The van der Waals surface area contributed by atoms with Crippen molar-refractivity contribution in [2.24, 2.45) is 0 Å². The molecular formula is C15H21N3O3. The summed E-state index contributed by atoms with van der Waals surface area (Å²) in [6.45, 7) is 4.59. The highest BCUT2D eigenvalue weighted by atomic mass is 16.4. The number of aromatic carboxylic acids is 1. The van der Waals surface area contributed by atoms with Crippen molar-refractivity contribution in [2.75, 3.05) is 32.7 Å². The molecule has 1 fully saturated rings. The summed E-state index contributed by atoms with van der Waals surface area (Å²) in [5.41, 5.74) is 1.15. The van der Waals surface area contributed by atoms with Gasteiger partial charge in [-0.15, -0.1) is 0 Å². The summed E-state index contributed by atoms with van der Waals surface area (Å²) >= 11 is 0. The van der Waals surface area contributed by atoms with E-state index in [1.807, 2.05) is 0 Å². The third-order valence-electron chi connectivity index (χ3n) is 3.49. The van der Waals surface area contributed by atoms with Gasteiger partial charge in [0.15, 0.2) is 0 Å². The van der Waals surface area contributed by atoms with Crippen LogP contribution in [0.2, 0.25) is 0 Å². The van der Waals surface area contributed by atoms with Crippen molar-refractivity contribution in [2.45, 2.75) is 13.0 Å². The van der Waals surface area contributed by atoms with Gasteiger partial charge in [-0.2, -0.15) is 0 Å². The predicted molar refractivity (Wildman–Crippen MR) is 79.2 cm³/mol. The van der Waals surface area contributed by atoms with Crippen LogP contribution in [0.4, 0.5) is 0 Å². The molecule has 6 heteroatoms. The highest BCUT2D eigenvalue weighted by Crippen LogP contribution is 2.04. The van der Waals surface area contributed by atoms with Crippen molar-refractivity contribution in [3.63, 3.8) is 0 Å². The molecule has 1 heterocycles. The summed E-state index contributed by atoms with van der Waals surface area (Å²) in [6.07, 6.45) is 1.06. The molecule has 0 spiro atoms. The van der Waals surface area contributed by atoms with E-state index in [1.165, 1.54) is 0 Å². The van der Waals surface area contributed by atoms with Gasteiger partial charge in [0.05, 0.1) is 12.1 Å². The Morgan fingerprint density at radius 2 is 1.95 bits per heavy atom. The lowest BCUT2D eigenvalue weighted by atomic mass is 10.1. The number of nitrogens with zero attached hydrogens (tertiary/aromatic N) is 1. The van der Waals surface area contributed by atoms with Crippen LogP contribution in [0.5, 0.6) is 0 Å². The predicted octanol–water partition coefficient (Wildman–Crippen LogP) is 0.296. The molecule has 0 atom stereocenters. The van der Waals surface area contributed by atoms with Gasteiger partial charge in [-0.25, -0.2) is 4.79 Å². The quantitative estimate of drug-likeness (QED) is 0.727. The first-order valence-corrected chi connectivity index (χ1v) is 7.17. The molecule has 0 aromatic heterocycles. The Balaban J connectivity index is 1.76. The minimum Gasteiger partial charge on any atom is -0.478 e. The molecule has 1 aliphatic heterocycles. The van der Waals surface area contributed by atoms with Gasteiger partial charge in [-0.05, 0) is 37.2 Å². The molecule has 6 nitrogen and oxygen atoms in total. The molecule has 21 heavy (non-hydrogen) atoms. The SMILES string of the molecule is O=C(CN1CCCNCC1)NCc1ccc(C(=O)O)cc1. The fraction of sp³-hybridized carbons (Fsp3) is 0.467. The van der Waals surface area contributed by atoms with Gasteiger partial charge in [0.2, 0.25) is 5.91 Å². The van der Waals surface area contributed by atoms with Crippen LogP contribution in [0.25, 0.3) is 0 Å². The fourth-order valence-corrected chi connectivity index (χ4v) is 2.28. The van der Waals surface area contributed by atoms with Crippen molar-refractivity contribution in [3.05, 3.63) is 35.4 Å². The van der Waals surface area contributed by atoms with E-state index in [4.69, 9.17) is 5.11 Å². The second-order valence-electron chi connectivity index (χ2n) is 5.16. The number of hydrogen-bond acceptors (Lipinski definition) is 4. The van der Waals surface area contributed by atoms with E-state index in [1.54, 1.807) is 24.3 Å². The van der Waals surface area contributed by atoms with Gasteiger partial charge in [0.1, 0.15) is 0 Å². The molecule has 1 amide bonds. The van der Waals surface area contributed by atoms with E-state index in [0.29, 0.717) is 13.1 Å². The second-order valence-corrected chi connectivity index (χ2v) is 5.16. The molecule has 1 aromatic rings. The van der Waals surface area contributed by atoms with Crippen molar-refractivity contribution < 1.29 is 14.7 Å². The van der Waals surface area contributed by atoms with Gasteiger partial charge < -0.3 is 15.7 Å². The van der Waals surface area contributed by atoms with Gasteiger partial charge in [0.25, 0.3) is 0 Å². The number of nitrogens with one attached hydrogen (secondary N) is 2. The third kappa shape index (κ3) is 5.17. The molecule has 1 aliphatic rings. The number of carboxylic acids is 1. The van der Waals surface area contributed by atoms with Crippen LogP contribution in [-0.2, 0) is 11.3 Å². The molecule has 0 radical (unpaired) electrons. The van der Waals surface area contributed by atoms with E-state index < -0.39 is 5.97 Å². The highest BCUT2D eigenvalue weighted by molar-refractivity contribution is 5.87. The van der Waals surface area contributed by atoms with Crippen LogP contribution in [0.1, 0.15) is 22.3 Å². The Bertz CT molecular complexity index is 479. The van der Waals surface area contributed by atoms with Gasteiger partial charge in [-0.1, -0.05) is 12.1 Å². The van der Waals surface area contributed by atoms with Crippen LogP contribution >= 0.6 is 0 Å². The van der Waals surface area contributed by atoms with E-state index in [9.17, 15) is 9.59 Å². The Morgan fingerprint density at radius 1 is 1.19 bits per heavy atom. The van der Waals surface area contributed by atoms with Crippen molar-refractivity contribution in [1.29, 1.82) is 0 Å². The molecule has 1 aromatic carbocycles. The molecule has 0 aliphatic carbocycles. The molecule has 114 valence electrons. The van der Waals surface area contributed by atoms with E-state index in [0.717, 1.165) is 38.2 Å². The molecule has 0 unspecified atom stereocenters. The second kappa shape index (κ2) is 7.75. The first-order chi connectivity index (χ1) is 10.1. The van der Waals surface area contributed by atoms with E-state index in [-0.39, 0.29) is 11.5 Å². The largest absolute Gasteiger partial charge is 0.478 e. The van der Waals surface area contributed by atoms with E-state index >= 15 is 0 Å². The van der Waals surface area contributed by atoms with Gasteiger partial charge >= 0.3 is 5.97 Å². The van der Waals surface area contributed by atoms with Gasteiger partial charge in [0, 0.05) is 19.6 Å². The lowest BCUT2D eigenvalue weighted by molar-refractivity contribution is -0.122. The number of carboxylic acid groups (broad SMARTS) is 1. The summed E-state index contributed by atoms with van der Waals surface area (Å²) in [5, 5.41) is 15.0. The Kier molecular flexibility index (Phi) is 5.71. The summed E-state index contributed by atoms with van der Waals surface area (Å²) in [6, 6.07) is 6.54. The zero-order valence-corrected chi connectivity index (χ0v) is 12.0. The molecule has 1 saturated heterocycles. The normalized spacial score (nSPS) is 16.2. The number of hydrogen-bond donors (Lipinski definition) is 3. The Labute approximate surface area is 124 Å². The standard InChI is InChI=1S/C15H21N3O3/c19-14(11-18-8-1-6-16-7-9-18)17-10-12-2-4-13(5-3-12)15(20)21/h2-5,16H,1,6-11H2,(H,17,19)(H,20,21). The highest BCUT2D eigenvalue weighted by Gasteiger charge is 2.12. The van der Waals surface area contributed by atoms with Crippen molar-refractivity contribution in [3.8, 4) is 0 Å². The van der Waals surface area contributed by atoms with Crippen LogP contribution in [0, 0.1) is 0 Å². The number of rotatable bonds is 5. The molecule has 0 bridgehead atoms. The number of amides is 1. The topological polar surface area (TPSA) is 81.7 Å². The number of benzene rings is 1. The van der Waals surface area contributed by atoms with Crippen LogP contribution in [0.3, 0.4) is 0 Å². The van der Waals surface area contributed by atoms with E-state index in [2.05, 4.69) is 15.5 Å². The summed E-state index contributed by atoms with van der Waals surface area (Å²) in [4.78, 5) is 24.8. The van der Waals surface area contributed by atoms with Crippen LogP contribution < -0.4 is 10.6 Å². The summed E-state index contributed by atoms with van der Waals surface area (Å²) in [7, 11) is 0. The lowest BCUT2D eigenvalue weighted by Gasteiger charge is -2.18. The lowest BCUT2D eigenvalue weighted by Crippen LogP contribution is -2.38. The van der Waals surface area contributed by atoms with Crippen LogP contribution in [0.15, 0.2) is 24.3 Å². The zero-order chi connectivity index (χ0) is 15.1. The Hall–Kier alpha value is -1.92. The van der Waals surface area contributed by atoms with Crippen molar-refractivity contribution in [1.82, 2.24) is 15.5 Å². The zero-order valence-electron chi connectivity index (χ0n) is 12.0. The third-order valence-corrected chi connectivity index (χ3v) is 3.49. The maximum absolute atomic E-state index is 11.9. The first-order valence-electron chi connectivity index (χ1n) is 7.17. The molecule has 0 saturated carbocycles. The minimum atomic E-state index is -0.944. The minimum absolute atomic E-state index is 0.000730. The molecule has 2 rings (SSSR count). The molecular weight excluding hydrogens is 270 g/mol. The average Bonchev–Trinajstić information content (AvgIpc) is 2.74. The first kappa shape index (κ1) is 15.5. The maximum Gasteiger partial charge on any atom is 0.335 e. The fourth-order valence-electron chi connectivity index (χ4n) is 2.28. The average molecular weight is 291 g/mol. The Morgan fingerprint density at radius 3 is 2.67 bits per heavy atom. The number of carbonyl (C=O) groups excluding carboxylic acids is 1. The van der Waals surface area contributed by atoms with Crippen LogP contribution in [-0.4, -0.2) is 54.6 Å². The van der Waals surface area contributed by atoms with Crippen molar-refractivity contribution >= 4 is 11.9 Å². The number of carbonyl (C=O) groups is 2. The molecule has 3 N–H and O–H groups in total. The summed E-state index contributed by atoms with van der Waals surface area (Å²) in [5.74, 6) is -0.945. The monoisotopic (exact) mass is 291 g/mol. The summed E-state index contributed by atoms with van der Waals surface area (Å²) < 4.78 is 0. The maximum atomic E-state index is 11.9.